The zero-order valence-electron chi connectivity index (χ0n) is 18.6. The summed E-state index contributed by atoms with van der Waals surface area (Å²) in [7, 11) is -2.36. The molecular formula is C25H25FNO5P. The van der Waals surface area contributed by atoms with Crippen LogP contribution in [0, 0.1) is 5.82 Å². The van der Waals surface area contributed by atoms with Crippen molar-refractivity contribution < 1.29 is 28.2 Å². The maximum atomic E-state index is 13.6. The number of nitrogens with zero attached hydrogens (tertiary/aromatic N) is 1. The Morgan fingerprint density at radius 1 is 1.15 bits per heavy atom. The van der Waals surface area contributed by atoms with Crippen LogP contribution in [0.25, 0.3) is 28.2 Å². The van der Waals surface area contributed by atoms with E-state index in [-0.39, 0.29) is 11.7 Å². The molecule has 2 aromatic carbocycles. The number of carboxylic acids is 1. The van der Waals surface area contributed by atoms with Gasteiger partial charge in [-0.25, -0.2) is 9.37 Å². The van der Waals surface area contributed by atoms with Crippen LogP contribution in [0.4, 0.5) is 4.39 Å². The molecule has 8 heteroatoms. The number of Topliss-reactive ketones (excluding diaryl/α,β-unsaturated/α-hetero) is 1. The largest absolute Gasteiger partial charge is 0.481 e. The Kier molecular flexibility index (Phi) is 7.57. The summed E-state index contributed by atoms with van der Waals surface area (Å²) in [4.78, 5) is 27.6. The Morgan fingerprint density at radius 3 is 2.42 bits per heavy atom. The lowest BCUT2D eigenvalue weighted by Crippen LogP contribution is -2.11. The Morgan fingerprint density at radius 2 is 1.82 bits per heavy atom. The van der Waals surface area contributed by atoms with E-state index in [0.717, 1.165) is 16.5 Å². The third kappa shape index (κ3) is 5.81. The van der Waals surface area contributed by atoms with Crippen LogP contribution >= 0.6 is 7.37 Å². The fourth-order valence-electron chi connectivity index (χ4n) is 3.71. The van der Waals surface area contributed by atoms with E-state index in [1.807, 2.05) is 38.1 Å². The van der Waals surface area contributed by atoms with Crippen molar-refractivity contribution in [2.45, 2.75) is 26.2 Å². The predicted molar refractivity (Wildman–Crippen MR) is 127 cm³/mol. The molecule has 3 rings (SSSR count). The van der Waals surface area contributed by atoms with Gasteiger partial charge >= 0.3 is 5.97 Å². The van der Waals surface area contributed by atoms with E-state index in [1.54, 1.807) is 18.2 Å². The number of hydrogen-bond acceptors (Lipinski definition) is 5. The van der Waals surface area contributed by atoms with Crippen LogP contribution in [0.1, 0.15) is 37.3 Å². The number of halogens is 1. The summed E-state index contributed by atoms with van der Waals surface area (Å²) < 4.78 is 31.9. The fraction of sp³-hybridized carbons (Fsp3) is 0.240. The first-order valence-electron chi connectivity index (χ1n) is 10.4. The molecule has 0 fully saturated rings. The minimum atomic E-state index is -3.59. The smallest absolute Gasteiger partial charge is 0.310 e. The molecule has 0 saturated heterocycles. The van der Waals surface area contributed by atoms with Gasteiger partial charge < -0.3 is 9.63 Å². The summed E-state index contributed by atoms with van der Waals surface area (Å²) in [6, 6.07) is 13.6. The minimum Gasteiger partial charge on any atom is -0.481 e. The summed E-state index contributed by atoms with van der Waals surface area (Å²) in [5.41, 5.74) is 3.66. The molecule has 1 N–H and O–H groups in total. The lowest BCUT2D eigenvalue weighted by atomic mass is 9.90. The third-order valence-electron chi connectivity index (χ3n) is 5.19. The average Bonchev–Trinajstić information content (AvgIpc) is 2.76. The first-order chi connectivity index (χ1) is 15.6. The predicted octanol–water partition coefficient (Wildman–Crippen LogP) is 6.10. The SMILES string of the molecule is COP(=O)(C=Cc1c(-c2ccc(F)cc2)nc2ccccc2c1C(C)C)CC(=O)CC(=O)O. The maximum absolute atomic E-state index is 13.6. The van der Waals surface area contributed by atoms with Gasteiger partial charge in [0.15, 0.2) is 5.78 Å². The van der Waals surface area contributed by atoms with Crippen LogP contribution in [0.2, 0.25) is 0 Å². The van der Waals surface area contributed by atoms with Crippen molar-refractivity contribution in [1.82, 2.24) is 4.98 Å². The van der Waals surface area contributed by atoms with Crippen LogP contribution in [0.15, 0.2) is 54.3 Å². The molecule has 0 radical (unpaired) electrons. The van der Waals surface area contributed by atoms with Crippen molar-refractivity contribution in [3.8, 4) is 11.3 Å². The van der Waals surface area contributed by atoms with Crippen LogP contribution in [-0.2, 0) is 18.7 Å². The van der Waals surface area contributed by atoms with Crippen molar-refractivity contribution in [1.29, 1.82) is 0 Å². The van der Waals surface area contributed by atoms with E-state index in [2.05, 4.69) is 0 Å². The van der Waals surface area contributed by atoms with Gasteiger partial charge in [-0.05, 0) is 47.9 Å². The van der Waals surface area contributed by atoms with Gasteiger partial charge in [0.1, 0.15) is 12.2 Å². The van der Waals surface area contributed by atoms with Crippen LogP contribution in [-0.4, -0.2) is 35.1 Å². The number of benzene rings is 2. The Labute approximate surface area is 191 Å². The number of fused-ring (bicyclic) bond motifs is 1. The summed E-state index contributed by atoms with van der Waals surface area (Å²) in [6.07, 6.45) is 0.374. The molecular weight excluding hydrogens is 444 g/mol. The lowest BCUT2D eigenvalue weighted by molar-refractivity contribution is -0.139. The second-order valence-electron chi connectivity index (χ2n) is 7.96. The quantitative estimate of drug-likeness (QED) is 0.301. The van der Waals surface area contributed by atoms with E-state index in [1.165, 1.54) is 25.1 Å². The monoisotopic (exact) mass is 469 g/mol. The first-order valence-corrected chi connectivity index (χ1v) is 12.3. The molecule has 1 aromatic heterocycles. The van der Waals surface area contributed by atoms with Gasteiger partial charge in [0.25, 0.3) is 0 Å². The molecule has 1 atom stereocenters. The van der Waals surface area contributed by atoms with Crippen LogP contribution in [0.5, 0.6) is 0 Å². The van der Waals surface area contributed by atoms with Gasteiger partial charge in [0.2, 0.25) is 7.37 Å². The molecule has 0 aliphatic rings. The number of rotatable bonds is 9. The second kappa shape index (κ2) is 10.2. The van der Waals surface area contributed by atoms with Crippen molar-refractivity contribution in [2.24, 2.45) is 0 Å². The summed E-state index contributed by atoms with van der Waals surface area (Å²) >= 11 is 0. The second-order valence-corrected chi connectivity index (χ2v) is 10.4. The molecule has 0 aliphatic carbocycles. The Bertz CT molecular complexity index is 1270. The van der Waals surface area contributed by atoms with E-state index >= 15 is 0 Å². The standard InChI is InChI=1S/C25H25FNO5P/c1-16(2)24-20-6-4-5-7-22(20)27-25(17-8-10-18(26)11-9-17)21(24)12-13-33(31,32-3)15-19(28)14-23(29)30/h4-13,16H,14-15H2,1-3H3,(H,29,30). The topological polar surface area (TPSA) is 93.6 Å². The number of aromatic nitrogens is 1. The highest BCUT2D eigenvalue weighted by Gasteiger charge is 2.25. The number of carboxylic acid groups (broad SMARTS) is 1. The van der Waals surface area contributed by atoms with E-state index in [0.29, 0.717) is 16.8 Å². The molecule has 1 heterocycles. The number of hydrogen-bond donors (Lipinski definition) is 1. The molecule has 0 bridgehead atoms. The van der Waals surface area contributed by atoms with E-state index in [9.17, 15) is 18.5 Å². The molecule has 172 valence electrons. The summed E-state index contributed by atoms with van der Waals surface area (Å²) in [5, 5.41) is 9.76. The number of para-hydroxylation sites is 1. The van der Waals surface area contributed by atoms with E-state index < -0.39 is 31.7 Å². The van der Waals surface area contributed by atoms with Gasteiger partial charge in [-0.2, -0.15) is 0 Å². The molecule has 1 unspecified atom stereocenters. The fourth-order valence-corrected chi connectivity index (χ4v) is 5.04. The minimum absolute atomic E-state index is 0.0623. The highest BCUT2D eigenvalue weighted by molar-refractivity contribution is 7.63. The van der Waals surface area contributed by atoms with Gasteiger partial charge in [-0.1, -0.05) is 32.0 Å². The van der Waals surface area contributed by atoms with Gasteiger partial charge in [-0.3, -0.25) is 14.2 Å². The number of pyridine rings is 1. The van der Waals surface area contributed by atoms with E-state index in [4.69, 9.17) is 14.6 Å². The van der Waals surface area contributed by atoms with Gasteiger partial charge in [0.05, 0.1) is 17.4 Å². The van der Waals surface area contributed by atoms with Gasteiger partial charge in [0, 0.05) is 29.4 Å². The van der Waals surface area contributed by atoms with Crippen LogP contribution < -0.4 is 0 Å². The average molecular weight is 469 g/mol. The van der Waals surface area contributed by atoms with Crippen molar-refractivity contribution in [2.75, 3.05) is 13.3 Å². The third-order valence-corrected chi connectivity index (χ3v) is 7.20. The normalized spacial score (nSPS) is 13.5. The first kappa shape index (κ1) is 24.5. The van der Waals surface area contributed by atoms with Gasteiger partial charge in [-0.15, -0.1) is 0 Å². The Hall–Kier alpha value is -3.15. The molecule has 0 saturated carbocycles. The van der Waals surface area contributed by atoms with Crippen molar-refractivity contribution >= 4 is 36.1 Å². The lowest BCUT2D eigenvalue weighted by Gasteiger charge is -2.19. The highest BCUT2D eigenvalue weighted by atomic mass is 31.2. The number of aliphatic carboxylic acids is 1. The molecule has 3 aromatic rings. The number of carbonyl (C=O) groups excluding carboxylic acids is 1. The van der Waals surface area contributed by atoms with Crippen molar-refractivity contribution in [3.63, 3.8) is 0 Å². The Balaban J connectivity index is 2.20. The molecule has 33 heavy (non-hydrogen) atoms. The maximum Gasteiger partial charge on any atom is 0.310 e. The molecule has 0 spiro atoms. The molecule has 0 amide bonds. The zero-order valence-corrected chi connectivity index (χ0v) is 19.5. The van der Waals surface area contributed by atoms with Crippen LogP contribution in [0.3, 0.4) is 0 Å². The summed E-state index contributed by atoms with van der Waals surface area (Å²) in [6.45, 7) is 4.06. The summed E-state index contributed by atoms with van der Waals surface area (Å²) in [5.74, 6) is -0.950. The number of carbonyl (C=O) groups is 2. The highest BCUT2D eigenvalue weighted by Crippen LogP contribution is 2.49. The number of ketones is 1. The zero-order chi connectivity index (χ0) is 24.2. The molecule has 6 nitrogen and oxygen atoms in total. The molecule has 0 aliphatic heterocycles. The van der Waals surface area contributed by atoms with Crippen molar-refractivity contribution in [3.05, 3.63) is 71.3 Å².